The molecular formula is C16H20N2O3. The van der Waals surface area contributed by atoms with Gasteiger partial charge in [-0.05, 0) is 30.2 Å². The minimum atomic E-state index is -0.360. The van der Waals surface area contributed by atoms with Crippen molar-refractivity contribution in [3.8, 4) is 17.6 Å². The quantitative estimate of drug-likeness (QED) is 0.475. The van der Waals surface area contributed by atoms with E-state index in [1.807, 2.05) is 13.0 Å². The van der Waals surface area contributed by atoms with Crippen LogP contribution in [0.3, 0.4) is 0 Å². The van der Waals surface area contributed by atoms with Gasteiger partial charge in [0.2, 0.25) is 0 Å². The van der Waals surface area contributed by atoms with Gasteiger partial charge in [0.25, 0.3) is 5.91 Å². The number of amides is 1. The molecule has 5 heteroatoms. The number of methoxy groups -OCH3 is 2. The molecule has 0 unspecified atom stereocenters. The molecule has 0 heterocycles. The average molecular weight is 288 g/mol. The van der Waals surface area contributed by atoms with E-state index in [2.05, 4.69) is 5.32 Å². The Labute approximate surface area is 125 Å². The first-order valence-electron chi connectivity index (χ1n) is 6.78. The summed E-state index contributed by atoms with van der Waals surface area (Å²) in [5, 5.41) is 11.8. The normalized spacial score (nSPS) is 10.7. The summed E-state index contributed by atoms with van der Waals surface area (Å²) < 4.78 is 10.3. The van der Waals surface area contributed by atoms with E-state index in [9.17, 15) is 4.79 Å². The van der Waals surface area contributed by atoms with Gasteiger partial charge in [0.05, 0.1) is 14.2 Å². The Kier molecular flexibility index (Phi) is 6.82. The third kappa shape index (κ3) is 4.84. The van der Waals surface area contributed by atoms with Crippen LogP contribution < -0.4 is 14.8 Å². The van der Waals surface area contributed by atoms with Gasteiger partial charge in [0.1, 0.15) is 11.6 Å². The summed E-state index contributed by atoms with van der Waals surface area (Å²) in [6.45, 7) is 2.61. The minimum absolute atomic E-state index is 0.0679. The number of carbonyl (C=O) groups excluding carboxylic acids is 1. The van der Waals surface area contributed by atoms with Crippen molar-refractivity contribution in [3.63, 3.8) is 0 Å². The van der Waals surface area contributed by atoms with Gasteiger partial charge in [0.15, 0.2) is 11.5 Å². The van der Waals surface area contributed by atoms with Crippen LogP contribution in [-0.2, 0) is 4.79 Å². The van der Waals surface area contributed by atoms with Gasteiger partial charge < -0.3 is 14.8 Å². The first-order valence-corrected chi connectivity index (χ1v) is 6.78. The molecule has 1 aromatic carbocycles. The van der Waals surface area contributed by atoms with Crippen molar-refractivity contribution in [2.24, 2.45) is 0 Å². The molecule has 0 atom stereocenters. The lowest BCUT2D eigenvalue weighted by Gasteiger charge is -2.08. The second-order valence-corrected chi connectivity index (χ2v) is 4.39. The van der Waals surface area contributed by atoms with Crippen molar-refractivity contribution in [2.45, 2.75) is 19.8 Å². The molecule has 5 nitrogen and oxygen atoms in total. The fourth-order valence-electron chi connectivity index (χ4n) is 1.73. The van der Waals surface area contributed by atoms with Gasteiger partial charge in [-0.3, -0.25) is 4.79 Å². The first kappa shape index (κ1) is 16.6. The van der Waals surface area contributed by atoms with E-state index in [1.165, 1.54) is 13.2 Å². The fraction of sp³-hybridized carbons (Fsp3) is 0.375. The Morgan fingerprint density at radius 3 is 2.62 bits per heavy atom. The zero-order chi connectivity index (χ0) is 15.7. The fourth-order valence-corrected chi connectivity index (χ4v) is 1.73. The van der Waals surface area contributed by atoms with E-state index in [4.69, 9.17) is 14.7 Å². The second kappa shape index (κ2) is 8.64. The van der Waals surface area contributed by atoms with Crippen LogP contribution >= 0.6 is 0 Å². The zero-order valence-corrected chi connectivity index (χ0v) is 12.6. The van der Waals surface area contributed by atoms with Crippen LogP contribution in [0.2, 0.25) is 0 Å². The number of ether oxygens (including phenoxy) is 2. The van der Waals surface area contributed by atoms with Crippen molar-refractivity contribution >= 4 is 12.0 Å². The molecule has 0 saturated carbocycles. The average Bonchev–Trinajstić information content (AvgIpc) is 2.52. The van der Waals surface area contributed by atoms with Crippen LogP contribution in [0.25, 0.3) is 6.08 Å². The van der Waals surface area contributed by atoms with Crippen molar-refractivity contribution in [2.75, 3.05) is 20.8 Å². The highest BCUT2D eigenvalue weighted by Crippen LogP contribution is 2.28. The monoisotopic (exact) mass is 288 g/mol. The number of benzene rings is 1. The van der Waals surface area contributed by atoms with Gasteiger partial charge in [-0.15, -0.1) is 0 Å². The highest BCUT2D eigenvalue weighted by Gasteiger charge is 2.09. The van der Waals surface area contributed by atoms with Crippen LogP contribution in [-0.4, -0.2) is 26.7 Å². The van der Waals surface area contributed by atoms with Gasteiger partial charge in [-0.25, -0.2) is 0 Å². The second-order valence-electron chi connectivity index (χ2n) is 4.39. The van der Waals surface area contributed by atoms with Gasteiger partial charge in [-0.2, -0.15) is 5.26 Å². The summed E-state index contributed by atoms with van der Waals surface area (Å²) in [6.07, 6.45) is 3.41. The Morgan fingerprint density at radius 2 is 2.05 bits per heavy atom. The molecule has 0 fully saturated rings. The molecule has 0 aromatic heterocycles. The molecule has 0 aliphatic heterocycles. The number of hydrogen-bond donors (Lipinski definition) is 1. The van der Waals surface area contributed by atoms with Crippen molar-refractivity contribution in [3.05, 3.63) is 29.3 Å². The van der Waals surface area contributed by atoms with E-state index < -0.39 is 0 Å². The number of hydrogen-bond acceptors (Lipinski definition) is 4. The van der Waals surface area contributed by atoms with E-state index in [0.29, 0.717) is 23.6 Å². The first-order chi connectivity index (χ1) is 10.2. The minimum Gasteiger partial charge on any atom is -0.493 e. The Morgan fingerprint density at radius 1 is 1.33 bits per heavy atom. The Bertz CT molecular complexity index is 559. The molecule has 112 valence electrons. The van der Waals surface area contributed by atoms with Crippen LogP contribution in [0.15, 0.2) is 23.8 Å². The Hall–Kier alpha value is -2.48. The predicted octanol–water partition coefficient (Wildman–Crippen LogP) is 2.53. The van der Waals surface area contributed by atoms with E-state index >= 15 is 0 Å². The Balaban J connectivity index is 2.93. The number of carbonyl (C=O) groups is 1. The van der Waals surface area contributed by atoms with E-state index in [1.54, 1.807) is 25.3 Å². The molecule has 1 aromatic rings. The summed E-state index contributed by atoms with van der Waals surface area (Å²) in [5.74, 6) is 0.788. The van der Waals surface area contributed by atoms with Crippen LogP contribution in [0.5, 0.6) is 11.5 Å². The van der Waals surface area contributed by atoms with Crippen LogP contribution in [0.4, 0.5) is 0 Å². The third-order valence-corrected chi connectivity index (χ3v) is 2.90. The van der Waals surface area contributed by atoms with Gasteiger partial charge in [0, 0.05) is 6.54 Å². The van der Waals surface area contributed by atoms with Gasteiger partial charge in [-0.1, -0.05) is 19.4 Å². The van der Waals surface area contributed by atoms with Crippen LogP contribution in [0, 0.1) is 11.3 Å². The van der Waals surface area contributed by atoms with Crippen molar-refractivity contribution < 1.29 is 14.3 Å². The largest absolute Gasteiger partial charge is 0.493 e. The lowest BCUT2D eigenvalue weighted by molar-refractivity contribution is -0.117. The number of nitrogens with one attached hydrogen (secondary N) is 1. The highest BCUT2D eigenvalue weighted by atomic mass is 16.5. The van der Waals surface area contributed by atoms with E-state index in [-0.39, 0.29) is 11.5 Å². The van der Waals surface area contributed by atoms with Gasteiger partial charge >= 0.3 is 0 Å². The lowest BCUT2D eigenvalue weighted by Crippen LogP contribution is -2.25. The topological polar surface area (TPSA) is 71.4 Å². The summed E-state index contributed by atoms with van der Waals surface area (Å²) in [4.78, 5) is 11.9. The molecule has 0 bridgehead atoms. The molecule has 1 rings (SSSR count). The third-order valence-electron chi connectivity index (χ3n) is 2.90. The number of nitrogens with zero attached hydrogens (tertiary/aromatic N) is 1. The predicted molar refractivity (Wildman–Crippen MR) is 81.1 cm³/mol. The van der Waals surface area contributed by atoms with E-state index in [0.717, 1.165) is 12.8 Å². The maximum Gasteiger partial charge on any atom is 0.261 e. The molecule has 21 heavy (non-hydrogen) atoms. The summed E-state index contributed by atoms with van der Waals surface area (Å²) in [7, 11) is 3.09. The molecule has 1 amide bonds. The molecule has 0 radical (unpaired) electrons. The number of unbranched alkanes of at least 4 members (excludes halogenated alkanes) is 1. The van der Waals surface area contributed by atoms with Crippen molar-refractivity contribution in [1.82, 2.24) is 5.32 Å². The SMILES string of the molecule is CCCCNC(=O)/C(C#N)=C\c1ccc(OC)c(OC)c1. The lowest BCUT2D eigenvalue weighted by atomic mass is 10.1. The summed E-state index contributed by atoms with van der Waals surface area (Å²) in [6, 6.07) is 7.13. The maximum absolute atomic E-state index is 11.9. The number of nitriles is 1. The molecule has 0 saturated heterocycles. The molecule has 1 N–H and O–H groups in total. The molecule has 0 aliphatic carbocycles. The summed E-state index contributed by atoms with van der Waals surface area (Å²) in [5.41, 5.74) is 0.771. The molecule has 0 spiro atoms. The molecule has 0 aliphatic rings. The van der Waals surface area contributed by atoms with Crippen LogP contribution in [0.1, 0.15) is 25.3 Å². The maximum atomic E-state index is 11.9. The molecular weight excluding hydrogens is 268 g/mol. The number of rotatable bonds is 7. The zero-order valence-electron chi connectivity index (χ0n) is 12.6. The standard InChI is InChI=1S/C16H20N2O3/c1-4-5-8-18-16(19)13(11-17)9-12-6-7-14(20-2)15(10-12)21-3/h6-7,9-10H,4-5,8H2,1-3H3,(H,18,19)/b13-9-. The van der Waals surface area contributed by atoms with Crippen molar-refractivity contribution in [1.29, 1.82) is 5.26 Å². The highest BCUT2D eigenvalue weighted by molar-refractivity contribution is 6.01. The summed E-state index contributed by atoms with van der Waals surface area (Å²) >= 11 is 0. The smallest absolute Gasteiger partial charge is 0.261 e.